The molecule has 1 atom stereocenters. The summed E-state index contributed by atoms with van der Waals surface area (Å²) in [5, 5.41) is 13.0. The number of pyridine rings is 1. The third kappa shape index (κ3) is 4.67. The first-order valence-corrected chi connectivity index (χ1v) is 9.41. The molecule has 0 bridgehead atoms. The van der Waals surface area contributed by atoms with Crippen molar-refractivity contribution in [3.63, 3.8) is 0 Å². The third-order valence-electron chi connectivity index (χ3n) is 5.47. The molecule has 4 heteroatoms. The van der Waals surface area contributed by atoms with Gasteiger partial charge in [-0.1, -0.05) is 25.3 Å². The molecule has 1 unspecified atom stereocenters. The van der Waals surface area contributed by atoms with Crippen LogP contribution in [-0.4, -0.2) is 35.8 Å². The number of nitrogens with zero attached hydrogens (tertiary/aromatic N) is 2. The molecule has 0 amide bonds. The van der Waals surface area contributed by atoms with Crippen molar-refractivity contribution in [2.45, 2.75) is 64.0 Å². The highest BCUT2D eigenvalue weighted by atomic mass is 16.3. The Morgan fingerprint density at radius 2 is 1.91 bits per heavy atom. The van der Waals surface area contributed by atoms with Crippen LogP contribution in [0.5, 0.6) is 0 Å². The minimum absolute atomic E-state index is 0.278. The van der Waals surface area contributed by atoms with E-state index in [-0.39, 0.29) is 6.61 Å². The van der Waals surface area contributed by atoms with Crippen molar-refractivity contribution in [2.75, 3.05) is 24.6 Å². The predicted molar refractivity (Wildman–Crippen MR) is 94.6 cm³/mol. The summed E-state index contributed by atoms with van der Waals surface area (Å²) in [4.78, 5) is 7.00. The highest BCUT2D eigenvalue weighted by Crippen LogP contribution is 2.28. The lowest BCUT2D eigenvalue weighted by atomic mass is 9.82. The van der Waals surface area contributed by atoms with E-state index in [9.17, 15) is 5.11 Å². The number of aliphatic hydroxyl groups is 1. The van der Waals surface area contributed by atoms with Crippen LogP contribution in [0.4, 0.5) is 5.82 Å². The summed E-state index contributed by atoms with van der Waals surface area (Å²) in [5.74, 6) is 1.85. The Balaban J connectivity index is 1.52. The fourth-order valence-electron chi connectivity index (χ4n) is 4.08. The smallest absolute Gasteiger partial charge is 0.128 e. The van der Waals surface area contributed by atoms with Gasteiger partial charge in [0.1, 0.15) is 5.82 Å². The van der Waals surface area contributed by atoms with Crippen LogP contribution in [0.15, 0.2) is 18.3 Å². The van der Waals surface area contributed by atoms with Gasteiger partial charge in [0.2, 0.25) is 0 Å². The van der Waals surface area contributed by atoms with E-state index in [1.165, 1.54) is 50.5 Å². The SMILES string of the molecule is OCCC(NCc1ccc(N2CCCC2)nc1)C1CCCCC1. The molecule has 0 radical (unpaired) electrons. The maximum atomic E-state index is 9.36. The molecule has 3 rings (SSSR count). The Labute approximate surface area is 140 Å². The van der Waals surface area contributed by atoms with Crippen molar-refractivity contribution in [1.82, 2.24) is 10.3 Å². The fraction of sp³-hybridized carbons (Fsp3) is 0.737. The number of nitrogens with one attached hydrogen (secondary N) is 1. The Hall–Kier alpha value is -1.13. The van der Waals surface area contributed by atoms with Crippen molar-refractivity contribution in [1.29, 1.82) is 0 Å². The average Bonchev–Trinajstić information content (AvgIpc) is 3.14. The zero-order chi connectivity index (χ0) is 15.9. The standard InChI is InChI=1S/C19H31N3O/c23-13-10-18(17-6-2-1-3-7-17)20-14-16-8-9-19(21-15-16)22-11-4-5-12-22/h8-9,15,17-18,20,23H,1-7,10-14H2. The number of hydrogen-bond donors (Lipinski definition) is 2. The first-order valence-electron chi connectivity index (χ1n) is 9.41. The summed E-state index contributed by atoms with van der Waals surface area (Å²) in [6.07, 6.45) is 12.1. The van der Waals surface area contributed by atoms with Crippen LogP contribution in [0.2, 0.25) is 0 Å². The number of hydrogen-bond acceptors (Lipinski definition) is 4. The summed E-state index contributed by atoms with van der Waals surface area (Å²) >= 11 is 0. The topological polar surface area (TPSA) is 48.4 Å². The van der Waals surface area contributed by atoms with Gasteiger partial charge in [0.15, 0.2) is 0 Å². The highest BCUT2D eigenvalue weighted by Gasteiger charge is 2.22. The molecule has 23 heavy (non-hydrogen) atoms. The number of aromatic nitrogens is 1. The second kappa shape index (κ2) is 8.65. The zero-order valence-electron chi connectivity index (χ0n) is 14.2. The van der Waals surface area contributed by atoms with Crippen LogP contribution in [0.3, 0.4) is 0 Å². The van der Waals surface area contributed by atoms with Gasteiger partial charge < -0.3 is 15.3 Å². The predicted octanol–water partition coefficient (Wildman–Crippen LogP) is 3.10. The van der Waals surface area contributed by atoms with E-state index < -0.39 is 0 Å². The molecule has 1 aliphatic carbocycles. The lowest BCUT2D eigenvalue weighted by Crippen LogP contribution is -2.37. The van der Waals surface area contributed by atoms with Gasteiger partial charge in [-0.25, -0.2) is 4.98 Å². The fourth-order valence-corrected chi connectivity index (χ4v) is 4.08. The summed E-state index contributed by atoms with van der Waals surface area (Å²) in [7, 11) is 0. The van der Waals surface area contributed by atoms with Crippen LogP contribution in [-0.2, 0) is 6.54 Å². The lowest BCUT2D eigenvalue weighted by molar-refractivity contribution is 0.205. The van der Waals surface area contributed by atoms with Crippen LogP contribution < -0.4 is 10.2 Å². The maximum absolute atomic E-state index is 9.36. The molecule has 4 nitrogen and oxygen atoms in total. The zero-order valence-corrected chi connectivity index (χ0v) is 14.2. The molecule has 2 aliphatic rings. The molecule has 0 spiro atoms. The molecular weight excluding hydrogens is 286 g/mol. The molecule has 1 aliphatic heterocycles. The Bertz CT molecular complexity index is 450. The second-order valence-corrected chi connectivity index (χ2v) is 7.12. The van der Waals surface area contributed by atoms with E-state index in [0.717, 1.165) is 37.8 Å². The van der Waals surface area contributed by atoms with E-state index in [0.29, 0.717) is 6.04 Å². The van der Waals surface area contributed by atoms with Gasteiger partial charge in [0, 0.05) is 38.5 Å². The van der Waals surface area contributed by atoms with Crippen LogP contribution in [0, 0.1) is 5.92 Å². The normalized spacial score (nSPS) is 20.8. The molecule has 1 aromatic heterocycles. The first kappa shape index (κ1) is 16.7. The summed E-state index contributed by atoms with van der Waals surface area (Å²) in [5.41, 5.74) is 1.24. The van der Waals surface area contributed by atoms with Gasteiger partial charge in [-0.05, 0) is 49.7 Å². The van der Waals surface area contributed by atoms with Crippen LogP contribution in [0.1, 0.15) is 56.9 Å². The Morgan fingerprint density at radius 3 is 2.57 bits per heavy atom. The average molecular weight is 317 g/mol. The molecule has 2 fully saturated rings. The minimum Gasteiger partial charge on any atom is -0.396 e. The van der Waals surface area contributed by atoms with Crippen LogP contribution >= 0.6 is 0 Å². The Morgan fingerprint density at radius 1 is 1.13 bits per heavy atom. The quantitative estimate of drug-likeness (QED) is 0.811. The maximum Gasteiger partial charge on any atom is 0.128 e. The molecule has 2 N–H and O–H groups in total. The molecule has 1 saturated carbocycles. The van der Waals surface area contributed by atoms with E-state index in [1.54, 1.807) is 0 Å². The van der Waals surface area contributed by atoms with Gasteiger partial charge in [0.25, 0.3) is 0 Å². The largest absolute Gasteiger partial charge is 0.396 e. The van der Waals surface area contributed by atoms with Gasteiger partial charge in [-0.2, -0.15) is 0 Å². The highest BCUT2D eigenvalue weighted by molar-refractivity contribution is 5.40. The van der Waals surface area contributed by atoms with E-state index in [1.807, 2.05) is 6.20 Å². The third-order valence-corrected chi connectivity index (χ3v) is 5.47. The number of aliphatic hydroxyl groups excluding tert-OH is 1. The molecule has 128 valence electrons. The van der Waals surface area contributed by atoms with E-state index >= 15 is 0 Å². The molecule has 2 heterocycles. The van der Waals surface area contributed by atoms with E-state index in [4.69, 9.17) is 0 Å². The van der Waals surface area contributed by atoms with Gasteiger partial charge in [-0.3, -0.25) is 0 Å². The summed E-state index contributed by atoms with van der Waals surface area (Å²) in [6.45, 7) is 3.42. The number of anilines is 1. The van der Waals surface area contributed by atoms with Crippen molar-refractivity contribution in [2.24, 2.45) is 5.92 Å². The first-order chi connectivity index (χ1) is 11.4. The second-order valence-electron chi connectivity index (χ2n) is 7.12. The minimum atomic E-state index is 0.278. The van der Waals surface area contributed by atoms with Crippen molar-refractivity contribution in [3.05, 3.63) is 23.9 Å². The monoisotopic (exact) mass is 317 g/mol. The molecule has 0 aromatic carbocycles. The van der Waals surface area contributed by atoms with Gasteiger partial charge >= 0.3 is 0 Å². The van der Waals surface area contributed by atoms with Gasteiger partial charge in [-0.15, -0.1) is 0 Å². The summed E-state index contributed by atoms with van der Waals surface area (Å²) in [6, 6.07) is 4.80. The lowest BCUT2D eigenvalue weighted by Gasteiger charge is -2.31. The molecule has 1 aromatic rings. The van der Waals surface area contributed by atoms with E-state index in [2.05, 4.69) is 27.3 Å². The van der Waals surface area contributed by atoms with Crippen molar-refractivity contribution in [3.8, 4) is 0 Å². The number of rotatable bonds is 7. The van der Waals surface area contributed by atoms with Crippen molar-refractivity contribution < 1.29 is 5.11 Å². The van der Waals surface area contributed by atoms with Crippen molar-refractivity contribution >= 4 is 5.82 Å². The summed E-state index contributed by atoms with van der Waals surface area (Å²) < 4.78 is 0. The molecule has 1 saturated heterocycles. The molecular formula is C19H31N3O. The Kier molecular flexibility index (Phi) is 6.29. The van der Waals surface area contributed by atoms with Crippen LogP contribution in [0.25, 0.3) is 0 Å². The van der Waals surface area contributed by atoms with Gasteiger partial charge in [0.05, 0.1) is 0 Å².